The van der Waals surface area contributed by atoms with Crippen LogP contribution in [0.2, 0.25) is 0 Å². The first kappa shape index (κ1) is 11.3. The molecule has 0 saturated carbocycles. The van der Waals surface area contributed by atoms with Crippen LogP contribution in [0.1, 0.15) is 21.1 Å². The largest absolute Gasteiger partial charge is 0.298 e. The zero-order valence-corrected chi connectivity index (χ0v) is 10.7. The van der Waals surface area contributed by atoms with Crippen LogP contribution in [0.3, 0.4) is 0 Å². The minimum Gasteiger partial charge on any atom is -0.298 e. The highest BCUT2D eigenvalue weighted by molar-refractivity contribution is 8.01. The second-order valence-corrected chi connectivity index (χ2v) is 5.65. The Morgan fingerprint density at radius 2 is 2.12 bits per heavy atom. The minimum absolute atomic E-state index is 0.625. The van der Waals surface area contributed by atoms with Gasteiger partial charge in [0.2, 0.25) is 0 Å². The molecule has 0 spiro atoms. The summed E-state index contributed by atoms with van der Waals surface area (Å²) in [5.74, 6) is 0. The predicted octanol–water partition coefficient (Wildman–Crippen LogP) is 1.85. The van der Waals surface area contributed by atoms with Crippen LogP contribution in [-0.4, -0.2) is 26.3 Å². The highest BCUT2D eigenvalue weighted by Crippen LogP contribution is 2.32. The number of rotatable bonds is 3. The van der Waals surface area contributed by atoms with Crippen LogP contribution in [0, 0.1) is 13.8 Å². The summed E-state index contributed by atoms with van der Waals surface area (Å²) in [6.07, 6.45) is 0.832. The molecule has 0 radical (unpaired) electrons. The minimum atomic E-state index is 0.625. The second kappa shape index (κ2) is 4.34. The molecule has 84 valence electrons. The van der Waals surface area contributed by atoms with E-state index in [-0.39, 0.29) is 0 Å². The quantitative estimate of drug-likeness (QED) is 0.782. The molecule has 0 atom stereocenters. The van der Waals surface area contributed by atoms with Gasteiger partial charge in [0.15, 0.2) is 10.6 Å². The summed E-state index contributed by atoms with van der Waals surface area (Å²) in [6.45, 7) is 3.72. The van der Waals surface area contributed by atoms with Crippen molar-refractivity contribution in [2.75, 3.05) is 0 Å². The van der Waals surface area contributed by atoms with Crippen molar-refractivity contribution in [1.82, 2.24) is 20.0 Å². The number of aryl methyl sites for hydroxylation is 3. The summed E-state index contributed by atoms with van der Waals surface area (Å²) in [5.41, 5.74) is 1.36. The van der Waals surface area contributed by atoms with Crippen LogP contribution >= 0.6 is 23.1 Å². The van der Waals surface area contributed by atoms with Crippen molar-refractivity contribution in [3.63, 3.8) is 0 Å². The average molecular weight is 254 g/mol. The number of aldehydes is 1. The van der Waals surface area contributed by atoms with E-state index in [0.717, 1.165) is 26.4 Å². The van der Waals surface area contributed by atoms with E-state index in [1.165, 1.54) is 23.1 Å². The first-order chi connectivity index (χ1) is 7.61. The maximum Gasteiger partial charge on any atom is 0.180 e. The highest BCUT2D eigenvalue weighted by atomic mass is 32.2. The maximum atomic E-state index is 11.0. The Kier molecular flexibility index (Phi) is 3.06. The van der Waals surface area contributed by atoms with Crippen LogP contribution in [-0.2, 0) is 7.05 Å². The highest BCUT2D eigenvalue weighted by Gasteiger charge is 2.15. The van der Waals surface area contributed by atoms with Crippen molar-refractivity contribution >= 4 is 29.4 Å². The van der Waals surface area contributed by atoms with Crippen LogP contribution in [0.5, 0.6) is 0 Å². The summed E-state index contributed by atoms with van der Waals surface area (Å²) in [6, 6.07) is 0. The van der Waals surface area contributed by atoms with Gasteiger partial charge in [-0.25, -0.2) is 0 Å². The third kappa shape index (κ3) is 2.00. The van der Waals surface area contributed by atoms with E-state index in [1.54, 1.807) is 4.68 Å². The Hall–Kier alpha value is -1.21. The normalized spacial score (nSPS) is 10.7. The van der Waals surface area contributed by atoms with E-state index in [9.17, 15) is 4.79 Å². The number of hydrogen-bond donors (Lipinski definition) is 0. The van der Waals surface area contributed by atoms with E-state index in [4.69, 9.17) is 0 Å². The fourth-order valence-corrected chi connectivity index (χ4v) is 3.22. The van der Waals surface area contributed by atoms with Gasteiger partial charge in [0.05, 0.1) is 11.3 Å². The zero-order valence-electron chi connectivity index (χ0n) is 9.09. The zero-order chi connectivity index (χ0) is 11.7. The summed E-state index contributed by atoms with van der Waals surface area (Å²) in [7, 11) is 1.82. The number of hydrogen-bond acceptors (Lipinski definition) is 6. The molecule has 0 bridgehead atoms. The summed E-state index contributed by atoms with van der Waals surface area (Å²) in [4.78, 5) is 11.0. The lowest BCUT2D eigenvalue weighted by molar-refractivity contribution is 0.112. The fraction of sp³-hybridized carbons (Fsp3) is 0.333. The van der Waals surface area contributed by atoms with Gasteiger partial charge in [0, 0.05) is 7.05 Å². The van der Waals surface area contributed by atoms with Crippen molar-refractivity contribution in [1.29, 1.82) is 0 Å². The molecule has 0 N–H and O–H groups in total. The van der Waals surface area contributed by atoms with Crippen LogP contribution in [0.25, 0.3) is 0 Å². The molecule has 0 amide bonds. The Labute approximate surface area is 101 Å². The van der Waals surface area contributed by atoms with Crippen LogP contribution in [0.15, 0.2) is 9.37 Å². The molecule has 0 aromatic carbocycles. The Bertz CT molecular complexity index is 532. The smallest absolute Gasteiger partial charge is 0.180 e. The van der Waals surface area contributed by atoms with Gasteiger partial charge in [-0.2, -0.15) is 5.10 Å². The number of aromatic nitrogens is 4. The van der Waals surface area contributed by atoms with Crippen molar-refractivity contribution in [3.8, 4) is 0 Å². The van der Waals surface area contributed by atoms with Gasteiger partial charge in [0.1, 0.15) is 10.0 Å². The summed E-state index contributed by atoms with van der Waals surface area (Å²) < 4.78 is 2.52. The molecule has 2 rings (SSSR count). The van der Waals surface area contributed by atoms with Gasteiger partial charge in [-0.3, -0.25) is 9.48 Å². The molecule has 16 heavy (non-hydrogen) atoms. The standard InChI is InChI=1S/C9H10N4OS2/c1-5-7(4-14)8(13(3)12-5)16-9-11-10-6(2)15-9/h4H,1-3H3. The van der Waals surface area contributed by atoms with E-state index in [2.05, 4.69) is 15.3 Å². The molecule has 0 aliphatic heterocycles. The lowest BCUT2D eigenvalue weighted by Crippen LogP contribution is -1.93. The van der Waals surface area contributed by atoms with Crippen LogP contribution < -0.4 is 0 Å². The molecule has 2 aromatic rings. The van der Waals surface area contributed by atoms with E-state index in [0.29, 0.717) is 5.56 Å². The molecule has 0 unspecified atom stereocenters. The number of carbonyl (C=O) groups is 1. The lowest BCUT2D eigenvalue weighted by Gasteiger charge is -1.98. The number of nitrogens with zero attached hydrogens (tertiary/aromatic N) is 4. The first-order valence-electron chi connectivity index (χ1n) is 4.58. The first-order valence-corrected chi connectivity index (χ1v) is 6.22. The molecular weight excluding hydrogens is 244 g/mol. The van der Waals surface area contributed by atoms with Gasteiger partial charge in [0.25, 0.3) is 0 Å². The lowest BCUT2D eigenvalue weighted by atomic mass is 10.3. The Balaban J connectivity index is 2.37. The molecule has 0 aliphatic carbocycles. The molecule has 0 aliphatic rings. The molecular formula is C9H10N4OS2. The van der Waals surface area contributed by atoms with E-state index >= 15 is 0 Å². The predicted molar refractivity (Wildman–Crippen MR) is 62.1 cm³/mol. The monoisotopic (exact) mass is 254 g/mol. The number of carbonyl (C=O) groups excluding carboxylic acids is 1. The van der Waals surface area contributed by atoms with E-state index < -0.39 is 0 Å². The van der Waals surface area contributed by atoms with Crippen molar-refractivity contribution in [3.05, 3.63) is 16.3 Å². The molecule has 2 aromatic heterocycles. The Morgan fingerprint density at radius 3 is 2.69 bits per heavy atom. The van der Waals surface area contributed by atoms with Gasteiger partial charge in [-0.05, 0) is 25.6 Å². The summed E-state index contributed by atoms with van der Waals surface area (Å²) >= 11 is 2.92. The third-order valence-electron chi connectivity index (χ3n) is 2.02. The molecule has 2 heterocycles. The fourth-order valence-electron chi connectivity index (χ4n) is 1.31. The molecule has 7 heteroatoms. The van der Waals surface area contributed by atoms with E-state index in [1.807, 2.05) is 20.9 Å². The van der Waals surface area contributed by atoms with Gasteiger partial charge in [-0.15, -0.1) is 10.2 Å². The van der Waals surface area contributed by atoms with Crippen LogP contribution in [0.4, 0.5) is 0 Å². The SMILES string of the molecule is Cc1nnc(Sc2c(C=O)c(C)nn2C)s1. The third-order valence-corrected chi connectivity index (χ3v) is 4.09. The van der Waals surface area contributed by atoms with Gasteiger partial charge < -0.3 is 0 Å². The maximum absolute atomic E-state index is 11.0. The topological polar surface area (TPSA) is 60.7 Å². The summed E-state index contributed by atoms with van der Waals surface area (Å²) in [5, 5.41) is 13.9. The van der Waals surface area contributed by atoms with Crippen molar-refractivity contribution < 1.29 is 4.79 Å². The molecule has 0 saturated heterocycles. The van der Waals surface area contributed by atoms with Gasteiger partial charge >= 0.3 is 0 Å². The molecule has 5 nitrogen and oxygen atoms in total. The van der Waals surface area contributed by atoms with Crippen molar-refractivity contribution in [2.45, 2.75) is 23.2 Å². The van der Waals surface area contributed by atoms with Crippen molar-refractivity contribution in [2.24, 2.45) is 7.05 Å². The van der Waals surface area contributed by atoms with Gasteiger partial charge in [-0.1, -0.05) is 11.3 Å². The average Bonchev–Trinajstić information content (AvgIpc) is 2.73. The second-order valence-electron chi connectivity index (χ2n) is 3.23. The molecule has 0 fully saturated rings. The Morgan fingerprint density at radius 1 is 1.38 bits per heavy atom.